The lowest BCUT2D eigenvalue weighted by molar-refractivity contribution is -0.111. The molecule has 12 nitrogen and oxygen atoms in total. The van der Waals surface area contributed by atoms with Gasteiger partial charge in [0.15, 0.2) is 0 Å². The number of aryl methyl sites for hydroxylation is 2. The average molecular weight is 615 g/mol. The molecule has 0 aliphatic heterocycles. The van der Waals surface area contributed by atoms with Gasteiger partial charge in [-0.15, -0.1) is 0 Å². The number of carbonyl (C=O) groups excluding carboxylic acids is 2. The number of nitrogen functional groups attached to an aromatic ring is 2. The molecule has 2 amide bonds. The minimum atomic E-state index is -0.306. The molecule has 8 N–H and O–H groups in total. The second-order valence-corrected chi connectivity index (χ2v) is 10.4. The van der Waals surface area contributed by atoms with Gasteiger partial charge in [-0.1, -0.05) is 36.4 Å². The molecule has 0 aliphatic rings. The Hall–Kier alpha value is -6.30. The van der Waals surface area contributed by atoms with Gasteiger partial charge in [-0.2, -0.15) is 9.97 Å². The summed E-state index contributed by atoms with van der Waals surface area (Å²) in [4.78, 5) is 33.6. The van der Waals surface area contributed by atoms with Gasteiger partial charge in [0.05, 0.1) is 0 Å². The second kappa shape index (κ2) is 13.6. The van der Waals surface area contributed by atoms with Crippen LogP contribution in [0.15, 0.2) is 91.3 Å². The van der Waals surface area contributed by atoms with E-state index in [1.807, 2.05) is 38.1 Å². The highest BCUT2D eigenvalue weighted by atomic mass is 16.2. The third kappa shape index (κ3) is 7.08. The van der Waals surface area contributed by atoms with Crippen molar-refractivity contribution in [2.45, 2.75) is 26.9 Å². The summed E-state index contributed by atoms with van der Waals surface area (Å²) in [5.41, 5.74) is 17.8. The van der Waals surface area contributed by atoms with Gasteiger partial charge in [0.2, 0.25) is 17.1 Å². The maximum absolute atomic E-state index is 12.8. The van der Waals surface area contributed by atoms with Crippen LogP contribution in [0.4, 0.5) is 23.0 Å². The smallest absolute Gasteiger partial charge is 0.255 e. The van der Waals surface area contributed by atoms with Crippen LogP contribution < -0.4 is 33.3 Å². The monoisotopic (exact) mass is 614 g/mol. The summed E-state index contributed by atoms with van der Waals surface area (Å²) in [6.45, 7) is 5.06. The van der Waals surface area contributed by atoms with Crippen LogP contribution in [0.2, 0.25) is 0 Å². The van der Waals surface area contributed by atoms with Crippen molar-refractivity contribution in [1.82, 2.24) is 19.1 Å². The molecule has 5 aromatic rings. The van der Waals surface area contributed by atoms with Crippen LogP contribution in [0, 0.1) is 10.8 Å². The zero-order valence-electron chi connectivity index (χ0n) is 25.4. The summed E-state index contributed by atoms with van der Waals surface area (Å²) < 4.78 is 3.39. The maximum Gasteiger partial charge on any atom is 0.255 e. The summed E-state index contributed by atoms with van der Waals surface area (Å²) in [5.74, 6) is -0.0342. The van der Waals surface area contributed by atoms with Gasteiger partial charge in [0, 0.05) is 59.6 Å². The number of hydrogen-bond acceptors (Lipinski definition) is 8. The zero-order chi connectivity index (χ0) is 32.8. The summed E-state index contributed by atoms with van der Waals surface area (Å²) >= 11 is 0. The largest absolute Gasteiger partial charge is 0.383 e. The molecule has 0 spiro atoms. The molecule has 3 aromatic carbocycles. The van der Waals surface area contributed by atoms with E-state index in [1.54, 1.807) is 76.1 Å². The van der Waals surface area contributed by atoms with Gasteiger partial charge in [-0.3, -0.25) is 20.4 Å². The zero-order valence-corrected chi connectivity index (χ0v) is 25.4. The normalized spacial score (nSPS) is 11.0. The Morgan fingerprint density at radius 1 is 0.717 bits per heavy atom. The van der Waals surface area contributed by atoms with E-state index >= 15 is 0 Å². The maximum atomic E-state index is 12.8. The van der Waals surface area contributed by atoms with Gasteiger partial charge < -0.3 is 31.2 Å². The van der Waals surface area contributed by atoms with Crippen molar-refractivity contribution in [3.8, 4) is 22.3 Å². The molecule has 0 saturated carbocycles. The predicted octanol–water partition coefficient (Wildman–Crippen LogP) is 4.48. The number of nitrogens with zero attached hydrogens (tertiary/aromatic N) is 4. The van der Waals surface area contributed by atoms with Gasteiger partial charge in [-0.05, 0) is 73.0 Å². The number of aromatic nitrogens is 4. The third-order valence-corrected chi connectivity index (χ3v) is 7.32. The highest BCUT2D eigenvalue weighted by molar-refractivity contribution is 6.05. The van der Waals surface area contributed by atoms with E-state index in [0.717, 1.165) is 16.7 Å². The quantitative estimate of drug-likeness (QED) is 0.132. The van der Waals surface area contributed by atoms with Crippen molar-refractivity contribution >= 4 is 40.9 Å². The first-order valence-corrected chi connectivity index (χ1v) is 14.6. The number of benzene rings is 3. The van der Waals surface area contributed by atoms with E-state index in [9.17, 15) is 9.59 Å². The molecule has 0 aliphatic carbocycles. The number of amides is 2. The first kappa shape index (κ1) is 31.1. The van der Waals surface area contributed by atoms with E-state index in [4.69, 9.17) is 22.3 Å². The lowest BCUT2D eigenvalue weighted by Gasteiger charge is -2.11. The van der Waals surface area contributed by atoms with E-state index in [1.165, 1.54) is 6.08 Å². The summed E-state index contributed by atoms with van der Waals surface area (Å²) in [7, 11) is 0. The Kier molecular flexibility index (Phi) is 9.18. The molecule has 0 unspecified atom stereocenters. The molecule has 0 saturated heterocycles. The van der Waals surface area contributed by atoms with Crippen LogP contribution in [0.1, 0.15) is 29.8 Å². The SMILES string of the molecule is CCn1cc(-c2ccc(NC(=O)C=Cc3ccc(C(=O)Nc4ccc(-c5cn(CC)c(=N)nc5N)cc4)cc3)cc2)c(N)nc1=N. The fraction of sp³-hybridized carbons (Fsp3) is 0.118. The Bertz CT molecular complexity index is 2040. The summed E-state index contributed by atoms with van der Waals surface area (Å²) in [6.07, 6.45) is 6.68. The van der Waals surface area contributed by atoms with Crippen LogP contribution in [0.3, 0.4) is 0 Å². The molecular formula is C34H34N10O2. The third-order valence-electron chi connectivity index (χ3n) is 7.32. The first-order valence-electron chi connectivity index (χ1n) is 14.6. The van der Waals surface area contributed by atoms with Crippen LogP contribution in [-0.4, -0.2) is 30.9 Å². The number of rotatable bonds is 9. The average Bonchev–Trinajstić information content (AvgIpc) is 3.05. The van der Waals surface area contributed by atoms with E-state index in [-0.39, 0.29) is 34.7 Å². The first-order chi connectivity index (χ1) is 22.1. The van der Waals surface area contributed by atoms with Gasteiger partial charge in [0.1, 0.15) is 11.6 Å². The molecule has 0 bridgehead atoms. The predicted molar refractivity (Wildman–Crippen MR) is 179 cm³/mol. The summed E-state index contributed by atoms with van der Waals surface area (Å²) in [5, 5.41) is 21.5. The standard InChI is InChI=1S/C34H34N10O2/c1-3-43-19-27(30(35)41-33(43)37)22-10-14-25(15-11-22)39-29(45)18-7-21-5-8-24(9-6-21)32(46)40-26-16-12-23(13-17-26)28-20-44(4-2)34(38)42-31(28)36/h5-20H,3-4H2,1-2H3,(H,39,45)(H,40,46)(H3,35,37,41)(H3,36,38,42). The van der Waals surface area contributed by atoms with Crippen molar-refractivity contribution in [2.24, 2.45) is 0 Å². The van der Waals surface area contributed by atoms with Crippen molar-refractivity contribution in [3.63, 3.8) is 0 Å². The van der Waals surface area contributed by atoms with Crippen molar-refractivity contribution in [2.75, 3.05) is 22.1 Å². The number of hydrogen-bond donors (Lipinski definition) is 6. The van der Waals surface area contributed by atoms with E-state index in [0.29, 0.717) is 41.2 Å². The molecule has 232 valence electrons. The molecule has 2 aromatic heterocycles. The minimum Gasteiger partial charge on any atom is -0.383 e. The van der Waals surface area contributed by atoms with Crippen LogP contribution in [0.25, 0.3) is 28.3 Å². The second-order valence-electron chi connectivity index (χ2n) is 10.4. The summed E-state index contributed by atoms with van der Waals surface area (Å²) in [6, 6.07) is 21.4. The lowest BCUT2D eigenvalue weighted by Crippen LogP contribution is -2.23. The van der Waals surface area contributed by atoms with Gasteiger partial charge in [-0.25, -0.2) is 0 Å². The molecule has 46 heavy (non-hydrogen) atoms. The molecule has 0 atom stereocenters. The van der Waals surface area contributed by atoms with Crippen molar-refractivity contribution in [3.05, 3.63) is 114 Å². The van der Waals surface area contributed by atoms with Gasteiger partial charge in [0.25, 0.3) is 5.91 Å². The number of carbonyl (C=O) groups is 2. The molecule has 5 rings (SSSR count). The van der Waals surface area contributed by atoms with Gasteiger partial charge >= 0.3 is 0 Å². The topological polar surface area (TPSA) is 194 Å². The number of anilines is 4. The van der Waals surface area contributed by atoms with Crippen molar-refractivity contribution in [1.29, 1.82) is 10.8 Å². The highest BCUT2D eigenvalue weighted by Crippen LogP contribution is 2.26. The molecule has 12 heteroatoms. The Labute approximate surface area is 265 Å². The van der Waals surface area contributed by atoms with Crippen LogP contribution in [0.5, 0.6) is 0 Å². The Morgan fingerprint density at radius 3 is 1.63 bits per heavy atom. The lowest BCUT2D eigenvalue weighted by atomic mass is 10.1. The van der Waals surface area contributed by atoms with Crippen LogP contribution in [-0.2, 0) is 17.9 Å². The fourth-order valence-electron chi connectivity index (χ4n) is 4.74. The molecule has 0 fully saturated rings. The van der Waals surface area contributed by atoms with E-state index in [2.05, 4.69) is 20.6 Å². The Balaban J connectivity index is 1.17. The minimum absolute atomic E-state index is 0.0996. The number of nitrogens with two attached hydrogens (primary N) is 2. The Morgan fingerprint density at radius 2 is 1.17 bits per heavy atom. The molecule has 2 heterocycles. The fourth-order valence-corrected chi connectivity index (χ4v) is 4.74. The van der Waals surface area contributed by atoms with Crippen molar-refractivity contribution < 1.29 is 9.59 Å². The van der Waals surface area contributed by atoms with Crippen LogP contribution >= 0.6 is 0 Å². The molecule has 0 radical (unpaired) electrons. The number of nitrogens with one attached hydrogen (secondary N) is 4. The highest BCUT2D eigenvalue weighted by Gasteiger charge is 2.10. The van der Waals surface area contributed by atoms with E-state index < -0.39 is 0 Å². The molecular weight excluding hydrogens is 580 g/mol.